The minimum atomic E-state index is -4.37. The molecule has 0 saturated carbocycles. The van der Waals surface area contributed by atoms with Crippen LogP contribution in [0.5, 0.6) is 0 Å². The van der Waals surface area contributed by atoms with E-state index in [1.807, 2.05) is 12.1 Å². The van der Waals surface area contributed by atoms with Crippen LogP contribution in [0.3, 0.4) is 0 Å². The van der Waals surface area contributed by atoms with E-state index in [-0.39, 0.29) is 0 Å². The smallest absolute Gasteiger partial charge is 0.281 e. The topological polar surface area (TPSA) is 71.8 Å². The standard InChI is InChI=1S/C18H10ClF3N6S/c19-11-5-6-13-12(7-11)14(24-23-13)8-15-25-26-17-28(15)27-16(29-17)9-1-3-10(4-2-9)18(20,21)22/h1-7H,8H2,(H,23,24). The van der Waals surface area contributed by atoms with E-state index < -0.39 is 11.7 Å². The molecule has 0 amide bonds. The van der Waals surface area contributed by atoms with Gasteiger partial charge in [-0.2, -0.15) is 27.9 Å². The second-order valence-corrected chi connectivity index (χ2v) is 7.73. The number of hydrogen-bond acceptors (Lipinski definition) is 5. The van der Waals surface area contributed by atoms with Crippen molar-refractivity contribution in [1.82, 2.24) is 30.0 Å². The first-order valence-corrected chi connectivity index (χ1v) is 9.59. The van der Waals surface area contributed by atoms with Crippen molar-refractivity contribution >= 4 is 38.8 Å². The summed E-state index contributed by atoms with van der Waals surface area (Å²) in [5, 5.41) is 22.1. The summed E-state index contributed by atoms with van der Waals surface area (Å²) in [6.07, 6.45) is -3.98. The second kappa shape index (κ2) is 6.53. The van der Waals surface area contributed by atoms with Gasteiger partial charge in [0.15, 0.2) is 5.82 Å². The lowest BCUT2D eigenvalue weighted by molar-refractivity contribution is -0.137. The summed E-state index contributed by atoms with van der Waals surface area (Å²) < 4.78 is 39.9. The zero-order valence-corrected chi connectivity index (χ0v) is 16.0. The molecule has 0 aliphatic carbocycles. The lowest BCUT2D eigenvalue weighted by Gasteiger charge is -2.06. The van der Waals surface area contributed by atoms with Gasteiger partial charge in [0, 0.05) is 16.0 Å². The quantitative estimate of drug-likeness (QED) is 0.434. The fourth-order valence-electron chi connectivity index (χ4n) is 3.01. The SMILES string of the molecule is FC(F)(F)c1ccc(-c2nn3c(Cc4[nH]nc5ccc(Cl)cc45)nnc3s2)cc1. The van der Waals surface area contributed by atoms with E-state index in [1.165, 1.54) is 23.5 Å². The van der Waals surface area contributed by atoms with Gasteiger partial charge >= 0.3 is 6.18 Å². The summed E-state index contributed by atoms with van der Waals surface area (Å²) >= 11 is 7.33. The van der Waals surface area contributed by atoms with Crippen LogP contribution in [0.4, 0.5) is 13.2 Å². The van der Waals surface area contributed by atoms with E-state index in [0.717, 1.165) is 28.7 Å². The lowest BCUT2D eigenvalue weighted by Crippen LogP contribution is -2.04. The molecule has 1 N–H and O–H groups in total. The Hall–Kier alpha value is -2.98. The van der Waals surface area contributed by atoms with Crippen molar-refractivity contribution in [3.05, 3.63) is 64.6 Å². The Bertz CT molecular complexity index is 1340. The third-order valence-corrected chi connectivity index (χ3v) is 5.63. The van der Waals surface area contributed by atoms with Crippen LogP contribution in [0.25, 0.3) is 26.4 Å². The highest BCUT2D eigenvalue weighted by molar-refractivity contribution is 7.19. The van der Waals surface area contributed by atoms with Gasteiger partial charge in [-0.3, -0.25) is 5.10 Å². The van der Waals surface area contributed by atoms with E-state index in [0.29, 0.717) is 32.8 Å². The molecule has 146 valence electrons. The predicted octanol–water partition coefficient (Wildman–Crippen LogP) is 4.99. The van der Waals surface area contributed by atoms with Crippen LogP contribution in [0.1, 0.15) is 17.1 Å². The summed E-state index contributed by atoms with van der Waals surface area (Å²) in [5.74, 6) is 0.583. The molecule has 0 fully saturated rings. The third-order valence-electron chi connectivity index (χ3n) is 4.44. The van der Waals surface area contributed by atoms with E-state index in [2.05, 4.69) is 25.5 Å². The lowest BCUT2D eigenvalue weighted by atomic mass is 10.1. The Morgan fingerprint density at radius 3 is 2.62 bits per heavy atom. The molecule has 0 bridgehead atoms. The molecule has 5 aromatic rings. The van der Waals surface area contributed by atoms with Crippen molar-refractivity contribution in [2.75, 3.05) is 0 Å². The number of nitrogens with zero attached hydrogens (tertiary/aromatic N) is 5. The average molecular weight is 435 g/mol. The van der Waals surface area contributed by atoms with Crippen molar-refractivity contribution in [2.45, 2.75) is 12.6 Å². The zero-order chi connectivity index (χ0) is 20.2. The van der Waals surface area contributed by atoms with Gasteiger partial charge in [0.2, 0.25) is 4.96 Å². The van der Waals surface area contributed by atoms with Gasteiger partial charge in [-0.05, 0) is 30.3 Å². The van der Waals surface area contributed by atoms with Gasteiger partial charge < -0.3 is 0 Å². The maximum atomic E-state index is 12.8. The molecule has 2 aromatic carbocycles. The first-order valence-electron chi connectivity index (χ1n) is 8.40. The number of H-pyrrole nitrogens is 1. The van der Waals surface area contributed by atoms with Crippen molar-refractivity contribution in [3.8, 4) is 10.6 Å². The van der Waals surface area contributed by atoms with Crippen LogP contribution in [0.2, 0.25) is 5.02 Å². The highest BCUT2D eigenvalue weighted by atomic mass is 35.5. The van der Waals surface area contributed by atoms with Crippen molar-refractivity contribution in [2.24, 2.45) is 0 Å². The molecule has 11 heteroatoms. The zero-order valence-electron chi connectivity index (χ0n) is 14.4. The van der Waals surface area contributed by atoms with Crippen LogP contribution in [0, 0.1) is 0 Å². The number of halogens is 4. The van der Waals surface area contributed by atoms with Crippen molar-refractivity contribution < 1.29 is 13.2 Å². The van der Waals surface area contributed by atoms with E-state index in [9.17, 15) is 13.2 Å². The van der Waals surface area contributed by atoms with Crippen LogP contribution in [-0.2, 0) is 12.6 Å². The second-order valence-electron chi connectivity index (χ2n) is 6.33. The normalized spacial score (nSPS) is 12.3. The number of aromatic nitrogens is 6. The maximum absolute atomic E-state index is 12.8. The Kier molecular flexibility index (Phi) is 4.07. The van der Waals surface area contributed by atoms with Gasteiger partial charge in [-0.15, -0.1) is 10.2 Å². The minimum absolute atomic E-state index is 0.397. The first kappa shape index (κ1) is 18.1. The van der Waals surface area contributed by atoms with Crippen LogP contribution in [-0.4, -0.2) is 30.0 Å². The summed E-state index contributed by atoms with van der Waals surface area (Å²) in [7, 11) is 0. The minimum Gasteiger partial charge on any atom is -0.281 e. The van der Waals surface area contributed by atoms with Gasteiger partial charge in [0.05, 0.1) is 23.2 Å². The van der Waals surface area contributed by atoms with Crippen molar-refractivity contribution in [3.63, 3.8) is 0 Å². The third kappa shape index (κ3) is 3.23. The number of benzene rings is 2. The van der Waals surface area contributed by atoms with Crippen molar-refractivity contribution in [1.29, 1.82) is 0 Å². The summed E-state index contributed by atoms with van der Waals surface area (Å²) in [6.45, 7) is 0. The molecular formula is C18H10ClF3N6S. The fourth-order valence-corrected chi connectivity index (χ4v) is 4.05. The van der Waals surface area contributed by atoms with Gasteiger partial charge in [0.1, 0.15) is 5.01 Å². The molecule has 0 radical (unpaired) electrons. The molecule has 3 aromatic heterocycles. The molecule has 0 atom stereocenters. The molecule has 0 saturated heterocycles. The molecule has 0 aliphatic heterocycles. The number of aromatic amines is 1. The molecule has 0 spiro atoms. The van der Waals surface area contributed by atoms with Gasteiger partial charge in [-0.1, -0.05) is 35.1 Å². The Balaban J connectivity index is 1.49. The Morgan fingerprint density at radius 1 is 1.07 bits per heavy atom. The number of rotatable bonds is 3. The highest BCUT2D eigenvalue weighted by Crippen LogP contribution is 2.32. The Labute approximate surface area is 170 Å². The van der Waals surface area contributed by atoms with Gasteiger partial charge in [-0.25, -0.2) is 0 Å². The molecule has 3 heterocycles. The molecule has 5 rings (SSSR count). The van der Waals surface area contributed by atoms with Crippen LogP contribution in [0.15, 0.2) is 42.5 Å². The summed E-state index contributed by atoms with van der Waals surface area (Å²) in [5.41, 5.74) is 1.49. The summed E-state index contributed by atoms with van der Waals surface area (Å²) in [6, 6.07) is 10.3. The monoisotopic (exact) mass is 434 g/mol. The number of hydrogen-bond donors (Lipinski definition) is 1. The number of nitrogens with one attached hydrogen (secondary N) is 1. The molecular weight excluding hydrogens is 425 g/mol. The maximum Gasteiger partial charge on any atom is 0.416 e. The molecule has 29 heavy (non-hydrogen) atoms. The number of fused-ring (bicyclic) bond motifs is 2. The predicted molar refractivity (Wildman–Crippen MR) is 103 cm³/mol. The Morgan fingerprint density at radius 2 is 1.86 bits per heavy atom. The summed E-state index contributed by atoms with van der Waals surface area (Å²) in [4.78, 5) is 0.553. The largest absolute Gasteiger partial charge is 0.416 e. The molecule has 0 aliphatic rings. The van der Waals surface area contributed by atoms with Crippen LogP contribution < -0.4 is 0 Å². The highest BCUT2D eigenvalue weighted by Gasteiger charge is 2.30. The average Bonchev–Trinajstić information content (AvgIpc) is 3.37. The van der Waals surface area contributed by atoms with E-state index in [1.54, 1.807) is 10.6 Å². The molecule has 6 nitrogen and oxygen atoms in total. The fraction of sp³-hybridized carbons (Fsp3) is 0.111. The van der Waals surface area contributed by atoms with E-state index in [4.69, 9.17) is 11.6 Å². The van der Waals surface area contributed by atoms with Crippen LogP contribution >= 0.6 is 22.9 Å². The van der Waals surface area contributed by atoms with E-state index >= 15 is 0 Å². The molecule has 0 unspecified atom stereocenters. The first-order chi connectivity index (χ1) is 13.9. The van der Waals surface area contributed by atoms with Gasteiger partial charge in [0.25, 0.3) is 0 Å². The number of alkyl halides is 3.